The molecule has 0 radical (unpaired) electrons. The van der Waals surface area contributed by atoms with E-state index in [2.05, 4.69) is 10.6 Å². The van der Waals surface area contributed by atoms with Gasteiger partial charge in [-0.15, -0.1) is 0 Å². The maximum Gasteiger partial charge on any atom is 0.0454 e. The van der Waals surface area contributed by atoms with E-state index in [9.17, 15) is 0 Å². The fourth-order valence-electron chi connectivity index (χ4n) is 0.604. The van der Waals surface area contributed by atoms with E-state index >= 15 is 0 Å². The van der Waals surface area contributed by atoms with Crippen LogP contribution in [0.5, 0.6) is 0 Å². The minimum atomic E-state index is 0. The molecule has 0 amide bonds. The zero-order valence-electron chi connectivity index (χ0n) is 4.64. The smallest absolute Gasteiger partial charge is 0.0454 e. The van der Waals surface area contributed by atoms with Crippen molar-refractivity contribution >= 4 is 0 Å². The minimum Gasteiger partial charge on any atom is -0.304 e. The van der Waals surface area contributed by atoms with Crippen molar-refractivity contribution in [3.05, 3.63) is 0 Å². The first-order chi connectivity index (χ1) is 3.00. The largest absolute Gasteiger partial charge is 0.304 e. The van der Waals surface area contributed by atoms with Crippen LogP contribution in [0.3, 0.4) is 0 Å². The van der Waals surface area contributed by atoms with Gasteiger partial charge in [-0.25, -0.2) is 0 Å². The molecule has 0 aliphatic carbocycles. The van der Waals surface area contributed by atoms with Crippen molar-refractivity contribution in [2.75, 3.05) is 19.8 Å². The third-order valence-electron chi connectivity index (χ3n) is 0.957. The van der Waals surface area contributed by atoms with Crippen LogP contribution in [0, 0.1) is 0 Å². The van der Waals surface area contributed by atoms with Crippen molar-refractivity contribution in [2.24, 2.45) is 0 Å². The summed E-state index contributed by atoms with van der Waals surface area (Å²) in [4.78, 5) is 0. The predicted octanol–water partition coefficient (Wildman–Crippen LogP) is -0.478. The topological polar surface area (TPSA) is 24.1 Å². The zero-order chi connectivity index (χ0) is 4.24. The van der Waals surface area contributed by atoms with Gasteiger partial charge in [0.2, 0.25) is 0 Å². The molecule has 1 rings (SSSR count). The molecule has 0 atom stereocenters. The first kappa shape index (κ1) is 12.0. The number of rotatable bonds is 0. The Morgan fingerprint density at radius 1 is 0.875 bits per heavy atom. The van der Waals surface area contributed by atoms with Crippen LogP contribution in [0.25, 0.3) is 0 Å². The molecule has 0 unspecified atom stereocenters. The summed E-state index contributed by atoms with van der Waals surface area (Å²) in [6.45, 7) is 3.38. The molecule has 2 N–H and O–H groups in total. The van der Waals surface area contributed by atoms with Crippen LogP contribution in [0.4, 0.5) is 0 Å². The second kappa shape index (κ2) is 8.30. The van der Waals surface area contributed by atoms with E-state index in [1.54, 1.807) is 0 Å². The Balaban J connectivity index is 0. The van der Waals surface area contributed by atoms with E-state index in [-0.39, 0.29) is 42.1 Å². The summed E-state index contributed by atoms with van der Waals surface area (Å²) in [6.07, 6.45) is 1.28. The maximum absolute atomic E-state index is 3.17. The Morgan fingerprint density at radius 2 is 1.38 bits per heavy atom. The SMILES string of the molecule is C1CNCNC1.[W].[W]. The van der Waals surface area contributed by atoms with Crippen molar-refractivity contribution in [1.82, 2.24) is 10.6 Å². The van der Waals surface area contributed by atoms with Crippen LogP contribution in [0.1, 0.15) is 6.42 Å². The Bertz CT molecular complexity index is 27.5. The Labute approximate surface area is 78.7 Å². The van der Waals surface area contributed by atoms with Gasteiger partial charge in [0.05, 0.1) is 0 Å². The molecule has 0 aromatic rings. The van der Waals surface area contributed by atoms with Crippen molar-refractivity contribution in [1.29, 1.82) is 0 Å². The zero-order valence-corrected chi connectivity index (χ0v) is 10.5. The third-order valence-corrected chi connectivity index (χ3v) is 0.957. The predicted molar refractivity (Wildman–Crippen MR) is 25.5 cm³/mol. The van der Waals surface area contributed by atoms with Gasteiger partial charge < -0.3 is 10.6 Å². The maximum atomic E-state index is 3.17. The molecule has 0 aromatic carbocycles. The molecule has 1 saturated heterocycles. The molecule has 0 saturated carbocycles. The van der Waals surface area contributed by atoms with Gasteiger partial charge in [0.15, 0.2) is 0 Å². The summed E-state index contributed by atoms with van der Waals surface area (Å²) in [5.74, 6) is 0. The minimum absolute atomic E-state index is 0. The van der Waals surface area contributed by atoms with E-state index in [1.807, 2.05) is 0 Å². The van der Waals surface area contributed by atoms with Crippen LogP contribution < -0.4 is 10.6 Å². The average molecular weight is 454 g/mol. The van der Waals surface area contributed by atoms with E-state index in [4.69, 9.17) is 0 Å². The van der Waals surface area contributed by atoms with Crippen LogP contribution in [-0.2, 0) is 42.1 Å². The fraction of sp³-hybridized carbons (Fsp3) is 1.00. The molecule has 48 valence electrons. The molecule has 0 aromatic heterocycles. The molecule has 2 nitrogen and oxygen atoms in total. The van der Waals surface area contributed by atoms with Crippen molar-refractivity contribution < 1.29 is 42.1 Å². The van der Waals surface area contributed by atoms with E-state index in [1.165, 1.54) is 19.5 Å². The quantitative estimate of drug-likeness (QED) is 0.518. The first-order valence-corrected chi connectivity index (χ1v) is 2.41. The third kappa shape index (κ3) is 5.43. The molecule has 1 heterocycles. The van der Waals surface area contributed by atoms with Crippen LogP contribution in [0.15, 0.2) is 0 Å². The summed E-state index contributed by atoms with van der Waals surface area (Å²) in [5, 5.41) is 6.35. The molecule has 1 fully saturated rings. The Morgan fingerprint density at radius 3 is 1.50 bits per heavy atom. The van der Waals surface area contributed by atoms with Crippen LogP contribution in [0.2, 0.25) is 0 Å². The van der Waals surface area contributed by atoms with Gasteiger partial charge in [0, 0.05) is 48.8 Å². The fourth-order valence-corrected chi connectivity index (χ4v) is 0.604. The molecule has 1 aliphatic heterocycles. The summed E-state index contributed by atoms with van der Waals surface area (Å²) < 4.78 is 0. The normalized spacial score (nSPS) is 18.0. The Kier molecular flexibility index (Phi) is 12.5. The first-order valence-electron chi connectivity index (χ1n) is 2.41. The second-order valence-electron chi connectivity index (χ2n) is 1.53. The van der Waals surface area contributed by atoms with Crippen LogP contribution >= 0.6 is 0 Å². The molecular formula is C4H10N2W2. The number of hydrogen-bond acceptors (Lipinski definition) is 2. The van der Waals surface area contributed by atoms with Crippen molar-refractivity contribution in [2.45, 2.75) is 6.42 Å². The van der Waals surface area contributed by atoms with E-state index in [0.717, 1.165) is 6.67 Å². The van der Waals surface area contributed by atoms with Gasteiger partial charge in [-0.3, -0.25) is 0 Å². The monoisotopic (exact) mass is 454 g/mol. The van der Waals surface area contributed by atoms with Gasteiger partial charge in [0.1, 0.15) is 0 Å². The summed E-state index contributed by atoms with van der Waals surface area (Å²) in [6, 6.07) is 0. The average Bonchev–Trinajstić information content (AvgIpc) is 1.72. The molecule has 4 heteroatoms. The molecule has 8 heavy (non-hydrogen) atoms. The second-order valence-corrected chi connectivity index (χ2v) is 1.53. The molecule has 0 bridgehead atoms. The number of nitrogens with one attached hydrogen (secondary N) is 2. The summed E-state index contributed by atoms with van der Waals surface area (Å²) in [7, 11) is 0. The molecule has 0 spiro atoms. The van der Waals surface area contributed by atoms with E-state index < -0.39 is 0 Å². The van der Waals surface area contributed by atoms with Gasteiger partial charge in [-0.1, -0.05) is 0 Å². The Hall–Kier alpha value is 1.30. The summed E-state index contributed by atoms with van der Waals surface area (Å²) in [5.41, 5.74) is 0. The summed E-state index contributed by atoms with van der Waals surface area (Å²) >= 11 is 0. The van der Waals surface area contributed by atoms with Gasteiger partial charge in [-0.2, -0.15) is 0 Å². The molecule has 1 aliphatic rings. The van der Waals surface area contributed by atoms with Gasteiger partial charge in [0.25, 0.3) is 0 Å². The number of hydrogen-bond donors (Lipinski definition) is 2. The molecular weight excluding hydrogens is 444 g/mol. The standard InChI is InChI=1S/C4H10N2.2W/c1-2-5-4-6-3-1;;/h5-6H,1-4H2;;. The van der Waals surface area contributed by atoms with Crippen molar-refractivity contribution in [3.63, 3.8) is 0 Å². The van der Waals surface area contributed by atoms with Crippen molar-refractivity contribution in [3.8, 4) is 0 Å². The van der Waals surface area contributed by atoms with E-state index in [0.29, 0.717) is 0 Å². The van der Waals surface area contributed by atoms with Gasteiger partial charge >= 0.3 is 0 Å². The van der Waals surface area contributed by atoms with Gasteiger partial charge in [-0.05, 0) is 19.5 Å². The van der Waals surface area contributed by atoms with Crippen LogP contribution in [-0.4, -0.2) is 19.8 Å².